The summed E-state index contributed by atoms with van der Waals surface area (Å²) < 4.78 is 44.6. The summed E-state index contributed by atoms with van der Waals surface area (Å²) in [5.74, 6) is -0.866. The molecule has 1 N–H and O–H groups in total. The Bertz CT molecular complexity index is 1100. The molecule has 0 spiro atoms. The van der Waals surface area contributed by atoms with Gasteiger partial charge in [-0.1, -0.05) is 0 Å². The Balaban J connectivity index is 1.96. The highest BCUT2D eigenvalue weighted by molar-refractivity contribution is 9.11. The van der Waals surface area contributed by atoms with E-state index in [9.17, 15) is 32.9 Å². The monoisotopic (exact) mass is 566 g/mol. The van der Waals surface area contributed by atoms with Gasteiger partial charge < -0.3 is 4.74 Å². The van der Waals surface area contributed by atoms with E-state index in [1.54, 1.807) is 0 Å². The normalized spacial score (nSPS) is 15.4. The fourth-order valence-corrected chi connectivity index (χ4v) is 4.43. The number of benzene rings is 2. The van der Waals surface area contributed by atoms with Gasteiger partial charge >= 0.3 is 11.9 Å². The lowest BCUT2D eigenvalue weighted by molar-refractivity contribution is -0.385. The van der Waals surface area contributed by atoms with E-state index in [0.717, 1.165) is 17.8 Å². The number of amides is 2. The lowest BCUT2D eigenvalue weighted by Crippen LogP contribution is -2.17. The molecule has 0 saturated carbocycles. The molecule has 7 nitrogen and oxygen atoms in total. The number of hydrogen-bond donors (Lipinski definition) is 1. The fraction of sp³-hybridized carbons (Fsp3) is 0.0588. The molecule has 0 bridgehead atoms. The van der Waals surface area contributed by atoms with Crippen molar-refractivity contribution in [1.82, 2.24) is 5.32 Å². The topological polar surface area (TPSA) is 98.5 Å². The van der Waals surface area contributed by atoms with Crippen LogP contribution in [0.1, 0.15) is 11.1 Å². The molecule has 0 aliphatic carbocycles. The van der Waals surface area contributed by atoms with Gasteiger partial charge in [-0.2, -0.15) is 13.2 Å². The first-order valence-electron chi connectivity index (χ1n) is 7.73. The lowest BCUT2D eigenvalue weighted by atomic mass is 10.1. The van der Waals surface area contributed by atoms with Crippen LogP contribution >= 0.6 is 43.6 Å². The minimum atomic E-state index is -4.74. The molecule has 3 rings (SSSR count). The summed E-state index contributed by atoms with van der Waals surface area (Å²) in [7, 11) is 0. The lowest BCUT2D eigenvalue weighted by Gasteiger charge is -2.13. The van der Waals surface area contributed by atoms with Gasteiger partial charge in [-0.25, -0.2) is 0 Å². The third-order valence-corrected chi connectivity index (χ3v) is 5.64. The summed E-state index contributed by atoms with van der Waals surface area (Å²) in [5.41, 5.74) is -1.54. The number of imide groups is 1. The highest BCUT2D eigenvalue weighted by atomic mass is 79.9. The van der Waals surface area contributed by atoms with Gasteiger partial charge in [-0.15, -0.1) is 0 Å². The molecular formula is C17H7Br2F3N2O5S. The SMILES string of the molecule is O=C1NC(=O)/C(=C\c2cc(Br)c(Oc3ccc(C(F)(F)F)cc3[N+](=O)[O-])c(Br)c2)S1. The Morgan fingerprint density at radius 3 is 2.27 bits per heavy atom. The molecule has 2 aromatic carbocycles. The van der Waals surface area contributed by atoms with Crippen LogP contribution < -0.4 is 10.1 Å². The van der Waals surface area contributed by atoms with Gasteiger partial charge in [0.1, 0.15) is 0 Å². The van der Waals surface area contributed by atoms with E-state index in [4.69, 9.17) is 4.74 Å². The average molecular weight is 568 g/mol. The number of hydrogen-bond acceptors (Lipinski definition) is 6. The number of thioether (sulfide) groups is 1. The van der Waals surface area contributed by atoms with Crippen molar-refractivity contribution in [3.8, 4) is 11.5 Å². The van der Waals surface area contributed by atoms with Crippen LogP contribution in [-0.4, -0.2) is 16.1 Å². The first kappa shape index (κ1) is 22.3. The predicted octanol–water partition coefficient (Wildman–Crippen LogP) is 6.25. The van der Waals surface area contributed by atoms with Gasteiger partial charge in [-0.3, -0.25) is 25.0 Å². The second-order valence-corrected chi connectivity index (χ2v) is 8.43. The van der Waals surface area contributed by atoms with Crippen LogP contribution in [-0.2, 0) is 11.0 Å². The van der Waals surface area contributed by atoms with Crippen molar-refractivity contribution in [3.05, 3.63) is 65.4 Å². The Kier molecular flexibility index (Phi) is 6.24. The molecule has 0 aromatic heterocycles. The van der Waals surface area contributed by atoms with Crippen LogP contribution in [0.15, 0.2) is 44.2 Å². The first-order chi connectivity index (χ1) is 14.0. The van der Waals surface area contributed by atoms with Crippen LogP contribution in [0.3, 0.4) is 0 Å². The van der Waals surface area contributed by atoms with E-state index in [1.807, 2.05) is 0 Å². The van der Waals surface area contributed by atoms with Crippen LogP contribution in [0.25, 0.3) is 6.08 Å². The molecule has 1 aliphatic heterocycles. The van der Waals surface area contributed by atoms with Crippen molar-refractivity contribution in [2.75, 3.05) is 0 Å². The highest BCUT2D eigenvalue weighted by Gasteiger charge is 2.33. The predicted molar refractivity (Wildman–Crippen MR) is 109 cm³/mol. The van der Waals surface area contributed by atoms with E-state index in [2.05, 4.69) is 37.2 Å². The van der Waals surface area contributed by atoms with Crippen LogP contribution in [0.2, 0.25) is 0 Å². The molecule has 1 fully saturated rings. The van der Waals surface area contributed by atoms with Gasteiger partial charge in [0, 0.05) is 6.07 Å². The molecule has 2 aromatic rings. The number of halogens is 5. The summed E-state index contributed by atoms with van der Waals surface area (Å²) in [6.07, 6.45) is -3.30. The summed E-state index contributed by atoms with van der Waals surface area (Å²) in [6, 6.07) is 4.96. The van der Waals surface area contributed by atoms with Crippen LogP contribution in [0, 0.1) is 10.1 Å². The molecule has 1 heterocycles. The van der Waals surface area contributed by atoms with E-state index >= 15 is 0 Å². The third-order valence-electron chi connectivity index (χ3n) is 3.66. The quantitative estimate of drug-likeness (QED) is 0.266. The molecular weight excluding hydrogens is 561 g/mol. The van der Waals surface area contributed by atoms with Gasteiger partial charge in [0.2, 0.25) is 5.75 Å². The molecule has 0 atom stereocenters. The Morgan fingerprint density at radius 2 is 1.77 bits per heavy atom. The number of carbonyl (C=O) groups excluding carboxylic acids is 2. The van der Waals surface area contributed by atoms with Crippen molar-refractivity contribution in [3.63, 3.8) is 0 Å². The van der Waals surface area contributed by atoms with Gasteiger partial charge in [-0.05, 0) is 79.5 Å². The van der Waals surface area contributed by atoms with E-state index in [0.29, 0.717) is 26.6 Å². The number of ether oxygens (including phenoxy) is 1. The number of rotatable bonds is 4. The molecule has 2 amide bonds. The van der Waals surface area contributed by atoms with E-state index in [-0.39, 0.29) is 10.7 Å². The van der Waals surface area contributed by atoms with Crippen molar-refractivity contribution in [2.24, 2.45) is 0 Å². The van der Waals surface area contributed by atoms with Gasteiger partial charge in [0.25, 0.3) is 11.1 Å². The molecule has 156 valence electrons. The molecule has 1 aliphatic rings. The first-order valence-corrected chi connectivity index (χ1v) is 10.1. The van der Waals surface area contributed by atoms with Crippen molar-refractivity contribution >= 4 is 66.5 Å². The van der Waals surface area contributed by atoms with Crippen LogP contribution in [0.5, 0.6) is 11.5 Å². The maximum atomic E-state index is 12.8. The number of nitrogens with zero attached hydrogens (tertiary/aromatic N) is 1. The number of nitro groups is 1. The zero-order valence-electron chi connectivity index (χ0n) is 14.3. The molecule has 13 heteroatoms. The largest absolute Gasteiger partial charge is 0.448 e. The third kappa shape index (κ3) is 4.84. The van der Waals surface area contributed by atoms with Crippen LogP contribution in [0.4, 0.5) is 23.7 Å². The van der Waals surface area contributed by atoms with Gasteiger partial charge in [0.15, 0.2) is 5.75 Å². The second kappa shape index (κ2) is 8.40. The summed E-state index contributed by atoms with van der Waals surface area (Å²) in [4.78, 5) is 33.3. The molecule has 0 radical (unpaired) electrons. The maximum Gasteiger partial charge on any atom is 0.416 e. The highest BCUT2D eigenvalue weighted by Crippen LogP contribution is 2.43. The van der Waals surface area contributed by atoms with Gasteiger partial charge in [0.05, 0.1) is 24.3 Å². The molecule has 0 unspecified atom stereocenters. The van der Waals surface area contributed by atoms with Crippen molar-refractivity contribution < 1.29 is 32.4 Å². The number of carbonyl (C=O) groups is 2. The standard InChI is InChI=1S/C17H7Br2F3N2O5S/c18-9-3-7(5-13-15(25)23-16(26)30-13)4-10(19)14(9)29-12-2-1-8(17(20,21)22)6-11(12)24(27)28/h1-6H,(H,23,25,26)/b13-5+. The zero-order chi connectivity index (χ0) is 22.2. The number of alkyl halides is 3. The molecule has 1 saturated heterocycles. The van der Waals surface area contributed by atoms with E-state index in [1.165, 1.54) is 18.2 Å². The Labute approximate surface area is 187 Å². The maximum absolute atomic E-state index is 12.8. The summed E-state index contributed by atoms with van der Waals surface area (Å²) in [5, 5.41) is 12.8. The number of nitro benzene ring substituents is 1. The second-order valence-electron chi connectivity index (χ2n) is 5.71. The molecule has 30 heavy (non-hydrogen) atoms. The minimum absolute atomic E-state index is 0.0691. The van der Waals surface area contributed by atoms with Crippen molar-refractivity contribution in [2.45, 2.75) is 6.18 Å². The number of nitrogens with one attached hydrogen (secondary N) is 1. The average Bonchev–Trinajstić information content (AvgIpc) is 2.94. The fourth-order valence-electron chi connectivity index (χ4n) is 2.37. The summed E-state index contributed by atoms with van der Waals surface area (Å²) >= 11 is 7.19. The smallest absolute Gasteiger partial charge is 0.416 e. The Hall–Kier alpha value is -2.38. The minimum Gasteiger partial charge on any atom is -0.448 e. The Morgan fingerprint density at radius 1 is 1.13 bits per heavy atom. The zero-order valence-corrected chi connectivity index (χ0v) is 18.2. The van der Waals surface area contributed by atoms with E-state index < -0.39 is 39.2 Å². The van der Waals surface area contributed by atoms with Crippen molar-refractivity contribution in [1.29, 1.82) is 0 Å². The summed E-state index contributed by atoms with van der Waals surface area (Å²) in [6.45, 7) is 0.